The Hall–Kier alpha value is -2.60. The summed E-state index contributed by atoms with van der Waals surface area (Å²) in [6.45, 7) is 5.04. The number of nitrogens with zero attached hydrogens (tertiary/aromatic N) is 5. The van der Waals surface area contributed by atoms with Gasteiger partial charge in [-0.25, -0.2) is 0 Å². The van der Waals surface area contributed by atoms with Gasteiger partial charge in [-0.15, -0.1) is 0 Å². The number of hydrogen-bond donors (Lipinski definition) is 0. The van der Waals surface area contributed by atoms with Crippen molar-refractivity contribution in [2.24, 2.45) is 5.92 Å². The van der Waals surface area contributed by atoms with Crippen molar-refractivity contribution in [1.82, 2.24) is 25.0 Å². The smallest absolute Gasteiger partial charge is 0.227 e. The van der Waals surface area contributed by atoms with Gasteiger partial charge < -0.3 is 4.52 Å². The van der Waals surface area contributed by atoms with Crippen molar-refractivity contribution >= 4 is 0 Å². The molecule has 6 heteroatoms. The summed E-state index contributed by atoms with van der Waals surface area (Å²) in [4.78, 5) is 15.4. The fraction of sp³-hybridized carbons (Fsp3) is 0.333. The average Bonchev–Trinajstić information content (AvgIpc) is 3.04. The van der Waals surface area contributed by atoms with E-state index in [1.54, 1.807) is 12.4 Å². The Morgan fingerprint density at radius 1 is 1.21 bits per heavy atom. The molecule has 122 valence electrons. The first-order chi connectivity index (χ1) is 11.8. The highest BCUT2D eigenvalue weighted by molar-refractivity contribution is 5.51. The molecule has 0 bridgehead atoms. The average molecular weight is 321 g/mol. The highest BCUT2D eigenvalue weighted by Gasteiger charge is 2.28. The van der Waals surface area contributed by atoms with Crippen LogP contribution in [-0.4, -0.2) is 38.1 Å². The Morgan fingerprint density at radius 2 is 2.12 bits per heavy atom. The number of aryl methyl sites for hydroxylation is 1. The predicted octanol–water partition coefficient (Wildman–Crippen LogP) is 2.51. The van der Waals surface area contributed by atoms with Gasteiger partial charge in [0.15, 0.2) is 0 Å². The SMILES string of the molecule is Cc1ccc(CN2CC(Cc3nc(-c4cccnc4)no3)C2)nc1. The van der Waals surface area contributed by atoms with Crippen LogP contribution in [0.2, 0.25) is 0 Å². The zero-order valence-electron chi connectivity index (χ0n) is 13.6. The van der Waals surface area contributed by atoms with E-state index in [2.05, 4.69) is 44.1 Å². The summed E-state index contributed by atoms with van der Waals surface area (Å²) in [7, 11) is 0. The van der Waals surface area contributed by atoms with Crippen molar-refractivity contribution in [2.45, 2.75) is 19.9 Å². The number of aromatic nitrogens is 4. The van der Waals surface area contributed by atoms with Crippen molar-refractivity contribution in [3.63, 3.8) is 0 Å². The molecule has 0 amide bonds. The zero-order valence-corrected chi connectivity index (χ0v) is 13.6. The van der Waals surface area contributed by atoms with Crippen LogP contribution in [0.4, 0.5) is 0 Å². The summed E-state index contributed by atoms with van der Waals surface area (Å²) in [5.74, 6) is 1.88. The minimum absolute atomic E-state index is 0.567. The van der Waals surface area contributed by atoms with Crippen LogP contribution in [0.15, 0.2) is 47.4 Å². The Bertz CT molecular complexity index is 794. The minimum Gasteiger partial charge on any atom is -0.339 e. The second-order valence-electron chi connectivity index (χ2n) is 6.34. The second kappa shape index (κ2) is 6.49. The first-order valence-electron chi connectivity index (χ1n) is 8.13. The van der Waals surface area contributed by atoms with Gasteiger partial charge in [-0.1, -0.05) is 11.2 Å². The number of pyridine rings is 2. The van der Waals surface area contributed by atoms with Gasteiger partial charge in [0.25, 0.3) is 0 Å². The zero-order chi connectivity index (χ0) is 16.4. The fourth-order valence-corrected chi connectivity index (χ4v) is 2.95. The number of likely N-dealkylation sites (tertiary alicyclic amines) is 1. The Labute approximate surface area is 140 Å². The van der Waals surface area contributed by atoms with Crippen LogP contribution in [0.3, 0.4) is 0 Å². The molecule has 1 aliphatic rings. The van der Waals surface area contributed by atoms with E-state index in [0.717, 1.165) is 37.3 Å². The number of hydrogen-bond acceptors (Lipinski definition) is 6. The summed E-state index contributed by atoms with van der Waals surface area (Å²) in [6.07, 6.45) is 6.22. The molecular formula is C18H19N5O. The quantitative estimate of drug-likeness (QED) is 0.719. The predicted molar refractivity (Wildman–Crippen MR) is 89.0 cm³/mol. The lowest BCUT2D eigenvalue weighted by Crippen LogP contribution is -2.47. The molecule has 1 fully saturated rings. The monoisotopic (exact) mass is 321 g/mol. The molecule has 4 rings (SSSR count). The molecule has 24 heavy (non-hydrogen) atoms. The maximum Gasteiger partial charge on any atom is 0.227 e. The molecule has 0 spiro atoms. The van der Waals surface area contributed by atoms with Gasteiger partial charge in [-0.05, 0) is 36.6 Å². The van der Waals surface area contributed by atoms with Gasteiger partial charge in [0.1, 0.15) is 0 Å². The highest BCUT2D eigenvalue weighted by atomic mass is 16.5. The summed E-state index contributed by atoms with van der Waals surface area (Å²) >= 11 is 0. The summed E-state index contributed by atoms with van der Waals surface area (Å²) in [5, 5.41) is 4.04. The third kappa shape index (κ3) is 3.33. The minimum atomic E-state index is 0.567. The third-order valence-corrected chi connectivity index (χ3v) is 4.24. The summed E-state index contributed by atoms with van der Waals surface area (Å²) in [6, 6.07) is 8.01. The lowest BCUT2D eigenvalue weighted by molar-refractivity contribution is 0.0853. The molecule has 0 aliphatic carbocycles. The van der Waals surface area contributed by atoms with E-state index < -0.39 is 0 Å². The lowest BCUT2D eigenvalue weighted by atomic mass is 9.96. The summed E-state index contributed by atoms with van der Waals surface area (Å²) in [5.41, 5.74) is 3.20. The molecule has 3 aromatic rings. The molecule has 6 nitrogen and oxygen atoms in total. The normalized spacial score (nSPS) is 15.4. The third-order valence-electron chi connectivity index (χ3n) is 4.24. The van der Waals surface area contributed by atoms with Gasteiger partial charge in [-0.3, -0.25) is 14.9 Å². The molecule has 0 atom stereocenters. The van der Waals surface area contributed by atoms with Crippen molar-refractivity contribution in [2.75, 3.05) is 13.1 Å². The van der Waals surface area contributed by atoms with Crippen LogP contribution >= 0.6 is 0 Å². The van der Waals surface area contributed by atoms with Crippen molar-refractivity contribution in [1.29, 1.82) is 0 Å². The molecule has 1 saturated heterocycles. The molecule has 3 aromatic heterocycles. The topological polar surface area (TPSA) is 67.9 Å². The van der Waals surface area contributed by atoms with Crippen molar-refractivity contribution < 1.29 is 4.52 Å². The Kier molecular flexibility index (Phi) is 4.04. The van der Waals surface area contributed by atoms with E-state index in [9.17, 15) is 0 Å². The van der Waals surface area contributed by atoms with Gasteiger partial charge in [0.2, 0.25) is 11.7 Å². The van der Waals surface area contributed by atoms with Gasteiger partial charge >= 0.3 is 0 Å². The van der Waals surface area contributed by atoms with E-state index in [-0.39, 0.29) is 0 Å². The first kappa shape index (κ1) is 15.0. The van der Waals surface area contributed by atoms with E-state index in [1.165, 1.54) is 5.56 Å². The largest absolute Gasteiger partial charge is 0.339 e. The van der Waals surface area contributed by atoms with E-state index in [0.29, 0.717) is 17.6 Å². The molecule has 0 saturated carbocycles. The van der Waals surface area contributed by atoms with E-state index in [1.807, 2.05) is 18.3 Å². The van der Waals surface area contributed by atoms with Crippen LogP contribution in [-0.2, 0) is 13.0 Å². The molecule has 1 aliphatic heterocycles. The molecule has 4 heterocycles. The van der Waals surface area contributed by atoms with Crippen LogP contribution in [0.1, 0.15) is 17.1 Å². The van der Waals surface area contributed by atoms with Crippen LogP contribution < -0.4 is 0 Å². The van der Waals surface area contributed by atoms with Gasteiger partial charge in [0.05, 0.1) is 5.69 Å². The van der Waals surface area contributed by atoms with Crippen LogP contribution in [0.5, 0.6) is 0 Å². The van der Waals surface area contributed by atoms with Crippen LogP contribution in [0.25, 0.3) is 11.4 Å². The first-order valence-corrected chi connectivity index (χ1v) is 8.13. The van der Waals surface area contributed by atoms with Crippen molar-refractivity contribution in [3.05, 3.63) is 60.0 Å². The maximum absolute atomic E-state index is 5.37. The summed E-state index contributed by atoms with van der Waals surface area (Å²) < 4.78 is 5.37. The molecule has 0 unspecified atom stereocenters. The van der Waals surface area contributed by atoms with Gasteiger partial charge in [0, 0.05) is 50.2 Å². The molecular weight excluding hydrogens is 302 g/mol. The maximum atomic E-state index is 5.37. The molecule has 0 radical (unpaired) electrons. The highest BCUT2D eigenvalue weighted by Crippen LogP contribution is 2.22. The number of rotatable bonds is 5. The Morgan fingerprint density at radius 3 is 2.88 bits per heavy atom. The van der Waals surface area contributed by atoms with E-state index in [4.69, 9.17) is 4.52 Å². The lowest BCUT2D eigenvalue weighted by Gasteiger charge is -2.38. The fourth-order valence-electron chi connectivity index (χ4n) is 2.95. The standard InChI is InChI=1S/C18H19N5O/c1-13-4-5-16(20-8-13)12-23-10-14(11-23)7-17-21-18(22-24-17)15-3-2-6-19-9-15/h2-6,8-9,14H,7,10-12H2,1H3. The van der Waals surface area contributed by atoms with Gasteiger partial charge in [-0.2, -0.15) is 4.98 Å². The Balaban J connectivity index is 1.29. The van der Waals surface area contributed by atoms with E-state index >= 15 is 0 Å². The molecule has 0 N–H and O–H groups in total. The van der Waals surface area contributed by atoms with Crippen LogP contribution in [0, 0.1) is 12.8 Å². The second-order valence-corrected chi connectivity index (χ2v) is 6.34. The molecule has 0 aromatic carbocycles. The van der Waals surface area contributed by atoms with Crippen molar-refractivity contribution in [3.8, 4) is 11.4 Å².